The maximum atomic E-state index is 12.5. The third kappa shape index (κ3) is 4.58. The average molecular weight is 402 g/mol. The fraction of sp³-hybridized carbons (Fsp3) is 0.294. The average Bonchev–Trinajstić information content (AvgIpc) is 3.30. The van der Waals surface area contributed by atoms with Crippen molar-refractivity contribution in [2.75, 3.05) is 5.32 Å². The molecule has 0 spiro atoms. The van der Waals surface area contributed by atoms with Crippen LogP contribution < -0.4 is 5.32 Å². The van der Waals surface area contributed by atoms with Crippen molar-refractivity contribution in [2.45, 2.75) is 37.2 Å². The molecule has 0 unspecified atom stereocenters. The summed E-state index contributed by atoms with van der Waals surface area (Å²) in [5.74, 6) is 0.532. The van der Waals surface area contributed by atoms with Crippen LogP contribution in [0.5, 0.6) is 0 Å². The van der Waals surface area contributed by atoms with Crippen molar-refractivity contribution < 1.29 is 4.79 Å². The molecule has 0 aliphatic rings. The molecule has 0 saturated heterocycles. The van der Waals surface area contributed by atoms with Crippen molar-refractivity contribution in [1.82, 2.24) is 29.9 Å². The summed E-state index contributed by atoms with van der Waals surface area (Å²) in [5.41, 5.74) is 0.858. The number of hydrogen-bond donors (Lipinski definition) is 1. The minimum absolute atomic E-state index is 0.158. The van der Waals surface area contributed by atoms with Crippen LogP contribution >= 0.6 is 23.1 Å². The van der Waals surface area contributed by atoms with Crippen LogP contribution in [0.4, 0.5) is 5.13 Å². The predicted octanol–water partition coefficient (Wildman–Crippen LogP) is 3.06. The number of aryl methyl sites for hydroxylation is 1. The molecule has 0 radical (unpaired) electrons. The Bertz CT molecular complexity index is 923. The Kier molecular flexibility index (Phi) is 6.30. The standard InChI is InChI=1S/C17H19N7OS2/c1-4-9-24-14(12-7-6-8-18-10-12)21-23-17(24)26-11(3)15(25)19-16-22-20-13(5-2)27-16/h4,6-8,10-11H,1,5,9H2,2-3H3,(H,19,22,25)/t11-/m1/s1. The molecule has 3 aromatic rings. The van der Waals surface area contributed by atoms with Gasteiger partial charge >= 0.3 is 0 Å². The summed E-state index contributed by atoms with van der Waals surface area (Å²) in [6.07, 6.45) is 6.00. The Morgan fingerprint density at radius 1 is 1.41 bits per heavy atom. The van der Waals surface area contributed by atoms with Crippen LogP contribution in [0.3, 0.4) is 0 Å². The molecule has 0 aliphatic carbocycles. The molecule has 3 aromatic heterocycles. The van der Waals surface area contributed by atoms with Gasteiger partial charge in [-0.1, -0.05) is 36.1 Å². The van der Waals surface area contributed by atoms with Crippen molar-refractivity contribution in [2.24, 2.45) is 0 Å². The zero-order chi connectivity index (χ0) is 19.2. The van der Waals surface area contributed by atoms with Crippen molar-refractivity contribution in [1.29, 1.82) is 0 Å². The molecule has 0 saturated carbocycles. The van der Waals surface area contributed by atoms with E-state index in [1.54, 1.807) is 18.5 Å². The van der Waals surface area contributed by atoms with Gasteiger partial charge in [0.25, 0.3) is 0 Å². The van der Waals surface area contributed by atoms with E-state index in [0.717, 1.165) is 17.0 Å². The number of hydrogen-bond acceptors (Lipinski definition) is 8. The van der Waals surface area contributed by atoms with Crippen LogP contribution in [-0.2, 0) is 17.8 Å². The lowest BCUT2D eigenvalue weighted by Gasteiger charge is -2.11. The molecule has 0 aliphatic heterocycles. The van der Waals surface area contributed by atoms with Crippen LogP contribution in [0.1, 0.15) is 18.9 Å². The van der Waals surface area contributed by atoms with Gasteiger partial charge in [0.05, 0.1) is 5.25 Å². The number of carbonyl (C=O) groups is 1. The minimum Gasteiger partial charge on any atom is -0.300 e. The van der Waals surface area contributed by atoms with Crippen molar-refractivity contribution in [3.8, 4) is 11.4 Å². The maximum Gasteiger partial charge on any atom is 0.239 e. The Labute approximate surface area is 165 Å². The van der Waals surface area contributed by atoms with Gasteiger partial charge in [-0.05, 0) is 25.5 Å². The highest BCUT2D eigenvalue weighted by atomic mass is 32.2. The van der Waals surface area contributed by atoms with Gasteiger partial charge in [0.2, 0.25) is 11.0 Å². The smallest absolute Gasteiger partial charge is 0.239 e. The van der Waals surface area contributed by atoms with E-state index in [-0.39, 0.29) is 11.2 Å². The summed E-state index contributed by atoms with van der Waals surface area (Å²) in [6, 6.07) is 3.76. The largest absolute Gasteiger partial charge is 0.300 e. The van der Waals surface area contributed by atoms with Gasteiger partial charge in [-0.3, -0.25) is 19.7 Å². The summed E-state index contributed by atoms with van der Waals surface area (Å²) >= 11 is 2.71. The monoisotopic (exact) mass is 401 g/mol. The number of aromatic nitrogens is 6. The zero-order valence-electron chi connectivity index (χ0n) is 15.0. The fourth-order valence-electron chi connectivity index (χ4n) is 2.24. The molecule has 1 atom stereocenters. The van der Waals surface area contributed by atoms with E-state index in [2.05, 4.69) is 37.3 Å². The van der Waals surface area contributed by atoms with Crippen LogP contribution in [0.25, 0.3) is 11.4 Å². The molecule has 140 valence electrons. The van der Waals surface area contributed by atoms with E-state index in [4.69, 9.17) is 0 Å². The number of amides is 1. The molecule has 0 aromatic carbocycles. The van der Waals surface area contributed by atoms with Gasteiger partial charge in [-0.25, -0.2) is 0 Å². The molecule has 0 bridgehead atoms. The Hall–Kier alpha value is -2.59. The fourth-order valence-corrected chi connectivity index (χ4v) is 3.78. The number of allylic oxidation sites excluding steroid dienone is 1. The summed E-state index contributed by atoms with van der Waals surface area (Å²) in [7, 11) is 0. The number of rotatable bonds is 8. The van der Waals surface area contributed by atoms with Crippen LogP contribution in [0, 0.1) is 0 Å². The van der Waals surface area contributed by atoms with E-state index in [9.17, 15) is 4.79 Å². The quantitative estimate of drug-likeness (QED) is 0.457. The topological polar surface area (TPSA) is 98.5 Å². The van der Waals surface area contributed by atoms with Gasteiger partial charge < -0.3 is 0 Å². The first-order chi connectivity index (χ1) is 13.1. The van der Waals surface area contributed by atoms with Crippen LogP contribution in [-0.4, -0.2) is 41.1 Å². The molecule has 0 fully saturated rings. The summed E-state index contributed by atoms with van der Waals surface area (Å²) in [5, 5.41) is 21.0. The van der Waals surface area contributed by atoms with Crippen LogP contribution in [0.2, 0.25) is 0 Å². The van der Waals surface area contributed by atoms with Gasteiger partial charge in [0.15, 0.2) is 11.0 Å². The zero-order valence-corrected chi connectivity index (χ0v) is 16.6. The number of nitrogens with one attached hydrogen (secondary N) is 1. The van der Waals surface area contributed by atoms with Crippen molar-refractivity contribution in [3.63, 3.8) is 0 Å². The van der Waals surface area contributed by atoms with E-state index in [1.807, 2.05) is 30.5 Å². The molecule has 3 heterocycles. The number of anilines is 1. The first-order valence-electron chi connectivity index (χ1n) is 8.36. The second-order valence-corrected chi connectivity index (χ2v) is 7.92. The lowest BCUT2D eigenvalue weighted by Crippen LogP contribution is -2.22. The highest BCUT2D eigenvalue weighted by molar-refractivity contribution is 8.00. The molecule has 8 nitrogen and oxygen atoms in total. The second-order valence-electron chi connectivity index (χ2n) is 5.55. The molecule has 1 N–H and O–H groups in total. The normalized spacial score (nSPS) is 11.9. The lowest BCUT2D eigenvalue weighted by atomic mass is 10.3. The lowest BCUT2D eigenvalue weighted by molar-refractivity contribution is -0.115. The minimum atomic E-state index is -0.381. The van der Waals surface area contributed by atoms with Gasteiger partial charge in [-0.2, -0.15) is 0 Å². The van der Waals surface area contributed by atoms with Gasteiger partial charge in [0, 0.05) is 24.5 Å². The SMILES string of the molecule is C=CCn1c(S[C@H](C)C(=O)Nc2nnc(CC)s2)nnc1-c1cccnc1. The van der Waals surface area contributed by atoms with E-state index in [0.29, 0.717) is 22.7 Å². The Balaban J connectivity index is 1.75. The summed E-state index contributed by atoms with van der Waals surface area (Å²) in [4.78, 5) is 16.6. The molecular formula is C17H19N7OS2. The van der Waals surface area contributed by atoms with Crippen LogP contribution in [0.15, 0.2) is 42.3 Å². The van der Waals surface area contributed by atoms with Crippen molar-refractivity contribution in [3.05, 3.63) is 42.2 Å². The molecule has 10 heteroatoms. The third-order valence-electron chi connectivity index (χ3n) is 3.60. The number of nitrogens with zero attached hydrogens (tertiary/aromatic N) is 6. The number of thioether (sulfide) groups is 1. The number of carbonyl (C=O) groups excluding carboxylic acids is 1. The Morgan fingerprint density at radius 2 is 2.26 bits per heavy atom. The summed E-state index contributed by atoms with van der Waals surface area (Å²) < 4.78 is 1.92. The molecule has 27 heavy (non-hydrogen) atoms. The van der Waals surface area contributed by atoms with Gasteiger partial charge in [-0.15, -0.1) is 27.0 Å². The maximum absolute atomic E-state index is 12.5. The second kappa shape index (κ2) is 8.87. The molecular weight excluding hydrogens is 382 g/mol. The van der Waals surface area contributed by atoms with Crippen molar-refractivity contribution >= 4 is 34.1 Å². The van der Waals surface area contributed by atoms with E-state index < -0.39 is 0 Å². The predicted molar refractivity (Wildman–Crippen MR) is 107 cm³/mol. The Morgan fingerprint density at radius 3 is 2.93 bits per heavy atom. The first kappa shape index (κ1) is 19.2. The summed E-state index contributed by atoms with van der Waals surface area (Å²) in [6.45, 7) is 8.14. The highest BCUT2D eigenvalue weighted by Crippen LogP contribution is 2.27. The molecule has 3 rings (SSSR count). The highest BCUT2D eigenvalue weighted by Gasteiger charge is 2.21. The van der Waals surface area contributed by atoms with E-state index in [1.165, 1.54) is 23.1 Å². The first-order valence-corrected chi connectivity index (χ1v) is 10.1. The third-order valence-corrected chi connectivity index (χ3v) is 5.66. The van der Waals surface area contributed by atoms with Gasteiger partial charge in [0.1, 0.15) is 5.01 Å². The number of pyridine rings is 1. The van der Waals surface area contributed by atoms with E-state index >= 15 is 0 Å². The molecule has 1 amide bonds.